The number of nitrogens with one attached hydrogen (secondary N) is 4. The van der Waals surface area contributed by atoms with Gasteiger partial charge in [0.15, 0.2) is 11.2 Å². The van der Waals surface area contributed by atoms with Crippen LogP contribution in [0, 0.1) is 0 Å². The molecular formula is C32H34N8O10P-3. The Morgan fingerprint density at radius 2 is 1.29 bits per heavy atom. The summed E-state index contributed by atoms with van der Waals surface area (Å²) in [7, 11) is -5.39. The molecule has 5 aromatic rings. The van der Waals surface area contributed by atoms with Gasteiger partial charge < -0.3 is 56.5 Å². The molecule has 0 radical (unpaired) electrons. The highest BCUT2D eigenvalue weighted by Gasteiger charge is 2.28. The van der Waals surface area contributed by atoms with Gasteiger partial charge in [-0.15, -0.1) is 0 Å². The first kappa shape index (κ1) is 39.5. The van der Waals surface area contributed by atoms with Crippen molar-refractivity contribution >= 4 is 42.7 Å². The first-order valence-corrected chi connectivity index (χ1v) is 16.4. The van der Waals surface area contributed by atoms with Gasteiger partial charge >= 0.3 is 5.97 Å². The number of H-pyrrole nitrogens is 2. The van der Waals surface area contributed by atoms with E-state index in [4.69, 9.17) is 30.7 Å². The summed E-state index contributed by atoms with van der Waals surface area (Å²) in [5, 5.41) is 24.4. The first-order chi connectivity index (χ1) is 24.1. The monoisotopic (exact) mass is 721 g/mol. The molecule has 0 aliphatic carbocycles. The predicted molar refractivity (Wildman–Crippen MR) is 178 cm³/mol. The van der Waals surface area contributed by atoms with E-state index in [1.807, 2.05) is 60.7 Å². The number of carboxylic acids is 1. The van der Waals surface area contributed by atoms with E-state index in [2.05, 4.69) is 30.6 Å². The number of amides is 2. The summed E-state index contributed by atoms with van der Waals surface area (Å²) in [5.74, 6) is -2.20. The maximum absolute atomic E-state index is 13.2. The fraction of sp³-hybridized carbons (Fsp3) is 0.188. The van der Waals surface area contributed by atoms with Crippen LogP contribution in [0.5, 0.6) is 5.75 Å². The lowest BCUT2D eigenvalue weighted by Crippen LogP contribution is -2.55. The number of benzene rings is 3. The Morgan fingerprint density at radius 1 is 0.804 bits per heavy atom. The topological polar surface area (TPSA) is 328 Å². The maximum atomic E-state index is 13.2. The van der Waals surface area contributed by atoms with Crippen LogP contribution in [-0.2, 0) is 38.2 Å². The number of carbonyl (C=O) groups is 3. The van der Waals surface area contributed by atoms with Crippen LogP contribution in [-0.4, -0.2) is 66.1 Å². The van der Waals surface area contributed by atoms with E-state index in [0.717, 1.165) is 11.1 Å². The second-order valence-corrected chi connectivity index (χ2v) is 11.7. The molecule has 3 atom stereocenters. The van der Waals surface area contributed by atoms with Crippen molar-refractivity contribution in [3.8, 4) is 5.75 Å². The van der Waals surface area contributed by atoms with Crippen LogP contribution < -0.4 is 42.3 Å². The molecular weight excluding hydrogens is 687 g/mol. The van der Waals surface area contributed by atoms with Crippen molar-refractivity contribution in [2.75, 3.05) is 5.73 Å². The summed E-state index contributed by atoms with van der Waals surface area (Å²) in [4.78, 5) is 87.0. The van der Waals surface area contributed by atoms with Crippen LogP contribution >= 0.6 is 7.82 Å². The van der Waals surface area contributed by atoms with Gasteiger partial charge in [0, 0.05) is 12.8 Å². The van der Waals surface area contributed by atoms with Crippen LogP contribution in [0.3, 0.4) is 0 Å². The van der Waals surface area contributed by atoms with Crippen molar-refractivity contribution in [2.24, 2.45) is 5.73 Å². The van der Waals surface area contributed by atoms with Crippen LogP contribution in [0.15, 0.2) is 96.1 Å². The van der Waals surface area contributed by atoms with Crippen LogP contribution in [0.25, 0.3) is 11.2 Å². The highest BCUT2D eigenvalue weighted by molar-refractivity contribution is 7.40. The molecule has 51 heavy (non-hydrogen) atoms. The third-order valence-electron chi connectivity index (χ3n) is 6.86. The number of anilines is 1. The summed E-state index contributed by atoms with van der Waals surface area (Å²) in [6.07, 6.45) is 1.88. The van der Waals surface area contributed by atoms with E-state index in [1.54, 1.807) is 12.1 Å². The molecule has 10 N–H and O–H groups in total. The Balaban J connectivity index is 0.000000358. The maximum Gasteiger partial charge on any atom is 0.326 e. The van der Waals surface area contributed by atoms with E-state index in [0.29, 0.717) is 23.1 Å². The first-order valence-electron chi connectivity index (χ1n) is 15.0. The van der Waals surface area contributed by atoms with Gasteiger partial charge in [0.25, 0.3) is 5.56 Å². The van der Waals surface area contributed by atoms with E-state index in [9.17, 15) is 29.4 Å². The van der Waals surface area contributed by atoms with Crippen LogP contribution in [0.2, 0.25) is 0 Å². The van der Waals surface area contributed by atoms with Crippen molar-refractivity contribution in [3.63, 3.8) is 0 Å². The summed E-state index contributed by atoms with van der Waals surface area (Å²) in [6, 6.07) is 21.4. The minimum absolute atomic E-state index is 0.0148. The zero-order valence-corrected chi connectivity index (χ0v) is 27.6. The van der Waals surface area contributed by atoms with Crippen LogP contribution in [0.1, 0.15) is 16.7 Å². The minimum Gasteiger partial charge on any atom is -0.822 e. The molecule has 2 heterocycles. The molecule has 0 saturated heterocycles. The van der Waals surface area contributed by atoms with Crippen molar-refractivity contribution in [3.05, 3.63) is 118 Å². The lowest BCUT2D eigenvalue weighted by molar-refractivity contribution is -0.432. The second kappa shape index (κ2) is 18.7. The summed E-state index contributed by atoms with van der Waals surface area (Å²) in [6.45, 7) is 0. The molecule has 0 fully saturated rings. The number of fused-ring (bicyclic) bond motifs is 1. The number of hydrogen-bond acceptors (Lipinski definition) is 13. The average Bonchev–Trinajstić information content (AvgIpc) is 3.54. The number of phosphoric acid groups is 1. The van der Waals surface area contributed by atoms with E-state index in [1.165, 1.54) is 18.5 Å². The molecule has 0 aliphatic rings. The molecule has 2 amide bonds. The largest absolute Gasteiger partial charge is 0.822 e. The predicted octanol–water partition coefficient (Wildman–Crippen LogP) is -1.79. The highest BCUT2D eigenvalue weighted by Crippen LogP contribution is 2.12. The summed E-state index contributed by atoms with van der Waals surface area (Å²) in [5.41, 5.74) is 14.1. The SMILES string of the molecule is N[C@@H](Cc1ccccc1)C(=O)N[C@@H](Cc1ccccc1)C(=O)N[C@@H](Cc1ccc(O)cc1)C(=O)O.Nc1nc2nc[nH]c2c(=O)[nH]1.O=P([O-])([O-])[O-]. The average molecular weight is 722 g/mol. The smallest absolute Gasteiger partial charge is 0.326 e. The van der Waals surface area contributed by atoms with Gasteiger partial charge in [-0.3, -0.25) is 19.4 Å². The lowest BCUT2D eigenvalue weighted by Gasteiger charge is -2.36. The number of rotatable bonds is 11. The van der Waals surface area contributed by atoms with Crippen molar-refractivity contribution in [2.45, 2.75) is 37.4 Å². The molecule has 0 saturated carbocycles. The van der Waals surface area contributed by atoms with Crippen molar-refractivity contribution < 1.29 is 43.8 Å². The Morgan fingerprint density at radius 3 is 1.84 bits per heavy atom. The second-order valence-electron chi connectivity index (χ2n) is 10.8. The fourth-order valence-corrected chi connectivity index (χ4v) is 4.50. The Bertz CT molecular complexity index is 1980. The standard InChI is InChI=1S/C27H29N3O5.C5H5N5O.H3O4P/c28-22(15-18-7-3-1-4-8-18)25(32)29-23(16-19-9-5-2-6-10-19)26(33)30-24(27(34)35)17-20-11-13-21(31)14-12-20;6-5-9-3-2(4(11)10-5)7-1-8-3;1-5(2,3)4/h1-14,22-24,31H,15-17,28H2,(H,29,32)(H,30,33)(H,34,35);1H,(H4,6,7,8,9,10,11);(H3,1,2,3,4)/p-3/t22-,23-,24-;;/m0../s1. The lowest BCUT2D eigenvalue weighted by atomic mass is 10.0. The fourth-order valence-electron chi connectivity index (χ4n) is 4.50. The number of aromatic hydroxyl groups is 1. The van der Waals surface area contributed by atoms with Crippen molar-refractivity contribution in [1.29, 1.82) is 0 Å². The van der Waals surface area contributed by atoms with Gasteiger partial charge in [-0.2, -0.15) is 12.8 Å². The molecule has 19 heteroatoms. The number of imidazole rings is 1. The van der Waals surface area contributed by atoms with Crippen LogP contribution in [0.4, 0.5) is 5.95 Å². The van der Waals surface area contributed by atoms with Crippen molar-refractivity contribution in [1.82, 2.24) is 30.6 Å². The van der Waals surface area contributed by atoms with Gasteiger partial charge in [-0.1, -0.05) is 72.8 Å². The Kier molecular flexibility index (Phi) is 14.5. The van der Waals surface area contributed by atoms with Gasteiger partial charge in [0.1, 0.15) is 17.8 Å². The Hall–Kier alpha value is -5.91. The number of nitrogen functional groups attached to an aromatic ring is 1. The number of nitrogens with two attached hydrogens (primary N) is 2. The Labute approximate surface area is 289 Å². The van der Waals surface area contributed by atoms with Gasteiger partial charge in [0.05, 0.1) is 12.4 Å². The van der Waals surface area contributed by atoms with E-state index < -0.39 is 43.7 Å². The molecule has 5 rings (SSSR count). The molecule has 0 aliphatic heterocycles. The minimum atomic E-state index is -5.39. The molecule has 18 nitrogen and oxygen atoms in total. The number of carboxylic acid groups (broad SMARTS) is 1. The van der Waals surface area contributed by atoms with Gasteiger partial charge in [-0.25, -0.2) is 9.78 Å². The number of phenolic OH excluding ortho intramolecular Hbond substituents is 1. The van der Waals surface area contributed by atoms with Gasteiger partial charge in [-0.05, 0) is 35.2 Å². The number of hydrogen-bond donors (Lipinski definition) is 8. The number of aliphatic carboxylic acids is 1. The number of aromatic nitrogens is 4. The molecule has 0 bridgehead atoms. The third-order valence-corrected chi connectivity index (χ3v) is 6.86. The zero-order valence-electron chi connectivity index (χ0n) is 26.7. The number of phenols is 1. The van der Waals surface area contributed by atoms with E-state index in [-0.39, 0.29) is 30.1 Å². The zero-order chi connectivity index (χ0) is 37.6. The number of nitrogens with zero attached hydrogens (tertiary/aromatic N) is 2. The quantitative estimate of drug-likeness (QED) is 0.0699. The summed E-state index contributed by atoms with van der Waals surface area (Å²) >= 11 is 0. The third kappa shape index (κ3) is 14.2. The molecule has 270 valence electrons. The number of aromatic amines is 2. The molecule has 0 spiro atoms. The molecule has 3 aromatic carbocycles. The van der Waals surface area contributed by atoms with Gasteiger partial charge in [0.2, 0.25) is 17.8 Å². The summed E-state index contributed by atoms with van der Waals surface area (Å²) < 4.78 is 8.55. The molecule has 2 aromatic heterocycles. The molecule has 0 unspecified atom stereocenters. The van der Waals surface area contributed by atoms with E-state index >= 15 is 0 Å². The number of carbonyl (C=O) groups excluding carboxylic acids is 2. The normalized spacial score (nSPS) is 12.5. The highest BCUT2D eigenvalue weighted by atomic mass is 31.2.